The monoisotopic (exact) mass is 380 g/mol. The van der Waals surface area contributed by atoms with E-state index < -0.39 is 0 Å². The molecule has 7 heteroatoms. The maximum Gasteiger partial charge on any atom is 0.188 e. The number of benzene rings is 1. The van der Waals surface area contributed by atoms with Crippen molar-refractivity contribution >= 4 is 42.4 Å². The standard InChI is InChI=1S/C16H25ClN4.2ClH/c17-15-6-4-14(5-7-15)8-10-20-16(18)19-9-3-13-21-11-1-2-12-21;;/h4-7H,1-3,8-13H2,(H3,18,19,20);2*1H. The molecular formula is C16H27Cl3N4. The zero-order valence-corrected chi connectivity index (χ0v) is 15.7. The first-order valence-corrected chi connectivity index (χ1v) is 8.12. The molecule has 1 aromatic carbocycles. The third-order valence-electron chi connectivity index (χ3n) is 3.75. The van der Waals surface area contributed by atoms with Crippen molar-refractivity contribution in [2.75, 3.05) is 32.7 Å². The zero-order chi connectivity index (χ0) is 14.9. The highest BCUT2D eigenvalue weighted by atomic mass is 35.5. The van der Waals surface area contributed by atoms with Gasteiger partial charge in [0.25, 0.3) is 0 Å². The fourth-order valence-electron chi connectivity index (χ4n) is 2.54. The predicted molar refractivity (Wildman–Crippen MR) is 104 cm³/mol. The summed E-state index contributed by atoms with van der Waals surface area (Å²) < 4.78 is 0. The van der Waals surface area contributed by atoms with E-state index in [1.807, 2.05) is 24.3 Å². The van der Waals surface area contributed by atoms with E-state index in [0.29, 0.717) is 5.96 Å². The van der Waals surface area contributed by atoms with Crippen LogP contribution in [0.3, 0.4) is 0 Å². The summed E-state index contributed by atoms with van der Waals surface area (Å²) in [6.07, 6.45) is 4.69. The largest absolute Gasteiger partial charge is 0.370 e. The molecule has 0 amide bonds. The Bertz CT molecular complexity index is 445. The van der Waals surface area contributed by atoms with E-state index in [4.69, 9.17) is 17.3 Å². The highest BCUT2D eigenvalue weighted by Gasteiger charge is 2.09. The molecule has 0 atom stereocenters. The van der Waals surface area contributed by atoms with Gasteiger partial charge in [-0.05, 0) is 63.0 Å². The third kappa shape index (κ3) is 9.26. The molecule has 3 N–H and O–H groups in total. The fourth-order valence-corrected chi connectivity index (χ4v) is 2.67. The lowest BCUT2D eigenvalue weighted by molar-refractivity contribution is 0.336. The molecule has 1 aliphatic rings. The molecule has 0 saturated carbocycles. The lowest BCUT2D eigenvalue weighted by atomic mass is 10.1. The van der Waals surface area contributed by atoms with Crippen molar-refractivity contribution in [3.05, 3.63) is 34.9 Å². The van der Waals surface area contributed by atoms with Gasteiger partial charge in [-0.25, -0.2) is 0 Å². The molecule has 2 rings (SSSR count). The van der Waals surface area contributed by atoms with Gasteiger partial charge in [0, 0.05) is 18.1 Å². The molecule has 1 saturated heterocycles. The van der Waals surface area contributed by atoms with Gasteiger partial charge in [0.1, 0.15) is 0 Å². The van der Waals surface area contributed by atoms with Crippen LogP contribution in [0.2, 0.25) is 5.02 Å². The molecule has 0 unspecified atom stereocenters. The minimum atomic E-state index is 0. The topological polar surface area (TPSA) is 53.6 Å². The van der Waals surface area contributed by atoms with Crippen LogP contribution in [-0.2, 0) is 6.42 Å². The van der Waals surface area contributed by atoms with Gasteiger partial charge < -0.3 is 16.0 Å². The van der Waals surface area contributed by atoms with Gasteiger partial charge in [0.2, 0.25) is 0 Å². The second-order valence-corrected chi connectivity index (χ2v) is 5.91. The lowest BCUT2D eigenvalue weighted by Crippen LogP contribution is -2.33. The second kappa shape index (κ2) is 12.7. The van der Waals surface area contributed by atoms with Gasteiger partial charge >= 0.3 is 0 Å². The maximum absolute atomic E-state index is 5.86. The molecule has 1 aromatic rings. The molecule has 1 heterocycles. The smallest absolute Gasteiger partial charge is 0.188 e. The summed E-state index contributed by atoms with van der Waals surface area (Å²) in [5.74, 6) is 0.547. The Labute approximate surface area is 156 Å². The summed E-state index contributed by atoms with van der Waals surface area (Å²) in [4.78, 5) is 6.87. The van der Waals surface area contributed by atoms with Crippen molar-refractivity contribution in [2.45, 2.75) is 25.7 Å². The van der Waals surface area contributed by atoms with Crippen LogP contribution in [0.15, 0.2) is 29.3 Å². The van der Waals surface area contributed by atoms with Crippen LogP contribution < -0.4 is 11.1 Å². The Morgan fingerprint density at radius 3 is 2.48 bits per heavy atom. The molecule has 1 aliphatic heterocycles. The molecule has 1 fully saturated rings. The molecule has 23 heavy (non-hydrogen) atoms. The van der Waals surface area contributed by atoms with Gasteiger partial charge in [-0.1, -0.05) is 23.7 Å². The van der Waals surface area contributed by atoms with Gasteiger partial charge in [-0.2, -0.15) is 0 Å². The number of aliphatic imine (C=N–C) groups is 1. The minimum Gasteiger partial charge on any atom is -0.370 e. The number of halogens is 3. The molecule has 0 spiro atoms. The SMILES string of the molecule is Cl.Cl.NC(=NCCCN1CCCC1)NCCc1ccc(Cl)cc1. The molecule has 0 aromatic heterocycles. The van der Waals surface area contributed by atoms with Crippen molar-refractivity contribution in [3.8, 4) is 0 Å². The first-order chi connectivity index (χ1) is 10.2. The van der Waals surface area contributed by atoms with Crippen LogP contribution in [0, 0.1) is 0 Å². The van der Waals surface area contributed by atoms with E-state index in [0.717, 1.165) is 37.5 Å². The average Bonchev–Trinajstić information content (AvgIpc) is 2.99. The van der Waals surface area contributed by atoms with Crippen molar-refractivity contribution < 1.29 is 0 Å². The summed E-state index contributed by atoms with van der Waals surface area (Å²) in [6, 6.07) is 7.89. The van der Waals surface area contributed by atoms with E-state index >= 15 is 0 Å². The number of guanidine groups is 1. The number of rotatable bonds is 7. The van der Waals surface area contributed by atoms with Crippen molar-refractivity contribution in [3.63, 3.8) is 0 Å². The summed E-state index contributed by atoms with van der Waals surface area (Å²) in [6.45, 7) is 5.23. The highest BCUT2D eigenvalue weighted by Crippen LogP contribution is 2.09. The minimum absolute atomic E-state index is 0. The number of hydrogen-bond donors (Lipinski definition) is 2. The average molecular weight is 382 g/mol. The molecule has 0 bridgehead atoms. The quantitative estimate of drug-likeness (QED) is 0.433. The summed E-state index contributed by atoms with van der Waals surface area (Å²) in [7, 11) is 0. The summed E-state index contributed by atoms with van der Waals surface area (Å²) in [5.41, 5.74) is 7.10. The van der Waals surface area contributed by atoms with Crippen LogP contribution in [0.4, 0.5) is 0 Å². The van der Waals surface area contributed by atoms with E-state index in [2.05, 4.69) is 15.2 Å². The molecular weight excluding hydrogens is 355 g/mol. The predicted octanol–water partition coefficient (Wildman–Crippen LogP) is 3.12. The van der Waals surface area contributed by atoms with E-state index in [-0.39, 0.29) is 24.8 Å². The van der Waals surface area contributed by atoms with Crippen LogP contribution >= 0.6 is 36.4 Å². The molecule has 0 radical (unpaired) electrons. The summed E-state index contributed by atoms with van der Waals surface area (Å²) >= 11 is 5.86. The van der Waals surface area contributed by atoms with Gasteiger partial charge in [0.05, 0.1) is 0 Å². The van der Waals surface area contributed by atoms with E-state index in [1.54, 1.807) is 0 Å². The van der Waals surface area contributed by atoms with Crippen molar-refractivity contribution in [2.24, 2.45) is 10.7 Å². The third-order valence-corrected chi connectivity index (χ3v) is 4.00. The lowest BCUT2D eigenvalue weighted by Gasteiger charge is -2.13. The number of nitrogens with zero attached hydrogens (tertiary/aromatic N) is 2. The number of hydrogen-bond acceptors (Lipinski definition) is 2. The maximum atomic E-state index is 5.86. The van der Waals surface area contributed by atoms with Crippen molar-refractivity contribution in [1.82, 2.24) is 10.2 Å². The van der Waals surface area contributed by atoms with Gasteiger partial charge in [-0.15, -0.1) is 24.8 Å². The number of nitrogens with two attached hydrogens (primary N) is 1. The molecule has 132 valence electrons. The Morgan fingerprint density at radius 1 is 1.17 bits per heavy atom. The first-order valence-electron chi connectivity index (χ1n) is 7.74. The first kappa shape index (κ1) is 22.3. The Morgan fingerprint density at radius 2 is 1.83 bits per heavy atom. The Kier molecular flexibility index (Phi) is 12.3. The molecule has 4 nitrogen and oxygen atoms in total. The van der Waals surface area contributed by atoms with Crippen molar-refractivity contribution in [1.29, 1.82) is 0 Å². The second-order valence-electron chi connectivity index (χ2n) is 5.47. The number of nitrogens with one attached hydrogen (secondary N) is 1. The van der Waals surface area contributed by atoms with Crippen LogP contribution in [0.25, 0.3) is 0 Å². The number of likely N-dealkylation sites (tertiary alicyclic amines) is 1. The summed E-state index contributed by atoms with van der Waals surface area (Å²) in [5, 5.41) is 3.92. The van der Waals surface area contributed by atoms with Gasteiger partial charge in [-0.3, -0.25) is 4.99 Å². The zero-order valence-electron chi connectivity index (χ0n) is 13.3. The Hall–Kier alpha value is -0.680. The Balaban J connectivity index is 0.00000242. The van der Waals surface area contributed by atoms with Crippen LogP contribution in [-0.4, -0.2) is 43.6 Å². The van der Waals surface area contributed by atoms with Gasteiger partial charge in [0.15, 0.2) is 5.96 Å². The molecule has 0 aliphatic carbocycles. The van der Waals surface area contributed by atoms with E-state index in [9.17, 15) is 0 Å². The van der Waals surface area contributed by atoms with Crippen LogP contribution in [0.5, 0.6) is 0 Å². The van der Waals surface area contributed by atoms with E-state index in [1.165, 1.54) is 31.5 Å². The fraction of sp³-hybridized carbons (Fsp3) is 0.562. The highest BCUT2D eigenvalue weighted by molar-refractivity contribution is 6.30. The van der Waals surface area contributed by atoms with Crippen LogP contribution in [0.1, 0.15) is 24.8 Å². The normalized spacial score (nSPS) is 14.9.